The van der Waals surface area contributed by atoms with Crippen molar-refractivity contribution in [2.24, 2.45) is 0 Å². The van der Waals surface area contributed by atoms with Gasteiger partial charge in [0.05, 0.1) is 16.4 Å². The van der Waals surface area contributed by atoms with Gasteiger partial charge in [0.2, 0.25) is 15.9 Å². The second-order valence-electron chi connectivity index (χ2n) is 5.31. The Labute approximate surface area is 145 Å². The molecule has 9 heteroatoms. The molecule has 0 saturated heterocycles. The van der Waals surface area contributed by atoms with E-state index in [1.54, 1.807) is 7.05 Å². The van der Waals surface area contributed by atoms with Crippen molar-refractivity contribution in [2.75, 3.05) is 13.6 Å². The summed E-state index contributed by atoms with van der Waals surface area (Å²) in [6.45, 7) is -0.0401. The summed E-state index contributed by atoms with van der Waals surface area (Å²) in [7, 11) is -2.35. The average Bonchev–Trinajstić information content (AvgIpc) is 2.60. The Morgan fingerprint density at radius 1 is 1.12 bits per heavy atom. The minimum atomic E-state index is -3.92. The molecule has 0 aliphatic carbocycles. The lowest BCUT2D eigenvalue weighted by Crippen LogP contribution is -2.37. The van der Waals surface area contributed by atoms with Gasteiger partial charge in [-0.15, -0.1) is 0 Å². The van der Waals surface area contributed by atoms with Crippen LogP contribution < -0.4 is 4.72 Å². The fourth-order valence-electron chi connectivity index (χ4n) is 2.07. The third-order valence-corrected chi connectivity index (χ3v) is 4.88. The van der Waals surface area contributed by atoms with Gasteiger partial charge in [0.25, 0.3) is 5.69 Å². The predicted molar refractivity (Wildman–Crippen MR) is 91.2 cm³/mol. The van der Waals surface area contributed by atoms with E-state index in [1.807, 2.05) is 30.3 Å². The number of carbonyl (C=O) groups excluding carboxylic acids is 1. The Hall–Kier alpha value is -2.78. The first-order valence-electron chi connectivity index (χ1n) is 7.31. The summed E-state index contributed by atoms with van der Waals surface area (Å²) >= 11 is 0. The van der Waals surface area contributed by atoms with Crippen molar-refractivity contribution >= 4 is 21.6 Å². The summed E-state index contributed by atoms with van der Waals surface area (Å²) < 4.78 is 26.5. The number of amides is 1. The predicted octanol–water partition coefficient (Wildman–Crippen LogP) is 1.53. The lowest BCUT2D eigenvalue weighted by Gasteiger charge is -2.17. The number of nitrogens with zero attached hydrogens (tertiary/aromatic N) is 2. The van der Waals surface area contributed by atoms with E-state index in [0.29, 0.717) is 6.54 Å². The topological polar surface area (TPSA) is 110 Å². The number of nitrogens with one attached hydrogen (secondary N) is 1. The van der Waals surface area contributed by atoms with Gasteiger partial charge in [0.1, 0.15) is 0 Å². The molecule has 2 aromatic rings. The normalized spacial score (nSPS) is 11.1. The average molecular weight is 363 g/mol. The number of hydrogen-bond donors (Lipinski definition) is 1. The van der Waals surface area contributed by atoms with Crippen molar-refractivity contribution in [3.05, 3.63) is 70.3 Å². The van der Waals surface area contributed by atoms with Crippen molar-refractivity contribution in [1.82, 2.24) is 9.62 Å². The van der Waals surface area contributed by atoms with Crippen LogP contribution >= 0.6 is 0 Å². The van der Waals surface area contributed by atoms with Crippen LogP contribution in [0.4, 0.5) is 5.69 Å². The maximum Gasteiger partial charge on any atom is 0.269 e. The molecule has 132 valence electrons. The Morgan fingerprint density at radius 3 is 2.28 bits per heavy atom. The van der Waals surface area contributed by atoms with Gasteiger partial charge >= 0.3 is 0 Å². The van der Waals surface area contributed by atoms with Crippen molar-refractivity contribution in [2.45, 2.75) is 11.4 Å². The number of likely N-dealkylation sites (N-methyl/N-ethyl adjacent to an activating group) is 1. The number of non-ortho nitro benzene ring substituents is 1. The fourth-order valence-corrected chi connectivity index (χ4v) is 3.04. The summed E-state index contributed by atoms with van der Waals surface area (Å²) in [4.78, 5) is 23.3. The minimum absolute atomic E-state index is 0.142. The molecule has 0 saturated carbocycles. The van der Waals surface area contributed by atoms with Crippen LogP contribution in [0, 0.1) is 10.1 Å². The van der Waals surface area contributed by atoms with E-state index in [2.05, 4.69) is 4.72 Å². The Kier molecular flexibility index (Phi) is 5.84. The Bertz CT molecular complexity index is 851. The standard InChI is InChI=1S/C16H17N3O5S/c1-18(12-13-5-3-2-4-6-13)16(20)11-17-25(23,24)15-9-7-14(8-10-15)19(21)22/h2-10,17H,11-12H2,1H3. The van der Waals surface area contributed by atoms with E-state index in [9.17, 15) is 23.3 Å². The maximum absolute atomic E-state index is 12.1. The summed E-state index contributed by atoms with van der Waals surface area (Å²) in [5.41, 5.74) is 0.717. The lowest BCUT2D eigenvalue weighted by molar-refractivity contribution is -0.384. The van der Waals surface area contributed by atoms with Gasteiger partial charge in [-0.05, 0) is 17.7 Å². The molecule has 0 heterocycles. The molecule has 0 spiro atoms. The van der Waals surface area contributed by atoms with E-state index in [-0.39, 0.29) is 10.6 Å². The van der Waals surface area contributed by atoms with E-state index < -0.39 is 27.4 Å². The van der Waals surface area contributed by atoms with Gasteiger partial charge in [0.15, 0.2) is 0 Å². The number of nitro groups is 1. The number of hydrogen-bond acceptors (Lipinski definition) is 5. The van der Waals surface area contributed by atoms with Gasteiger partial charge in [-0.3, -0.25) is 14.9 Å². The maximum atomic E-state index is 12.1. The zero-order valence-electron chi connectivity index (χ0n) is 13.5. The smallest absolute Gasteiger partial charge is 0.269 e. The fraction of sp³-hybridized carbons (Fsp3) is 0.188. The highest BCUT2D eigenvalue weighted by molar-refractivity contribution is 7.89. The number of benzene rings is 2. The Morgan fingerprint density at radius 2 is 1.72 bits per heavy atom. The lowest BCUT2D eigenvalue weighted by atomic mass is 10.2. The largest absolute Gasteiger partial charge is 0.340 e. The second-order valence-corrected chi connectivity index (χ2v) is 7.08. The summed E-state index contributed by atoms with van der Waals surface area (Å²) in [6.07, 6.45) is 0. The first-order chi connectivity index (χ1) is 11.8. The highest BCUT2D eigenvalue weighted by Gasteiger charge is 2.18. The quantitative estimate of drug-likeness (QED) is 0.593. The van der Waals surface area contributed by atoms with Crippen LogP contribution in [-0.4, -0.2) is 37.7 Å². The molecule has 0 radical (unpaired) electrons. The molecule has 8 nitrogen and oxygen atoms in total. The minimum Gasteiger partial charge on any atom is -0.340 e. The molecule has 0 fully saturated rings. The van der Waals surface area contributed by atoms with E-state index >= 15 is 0 Å². The van der Waals surface area contributed by atoms with Crippen LogP contribution in [0.15, 0.2) is 59.5 Å². The van der Waals surface area contributed by atoms with E-state index in [0.717, 1.165) is 29.8 Å². The third-order valence-electron chi connectivity index (χ3n) is 3.46. The van der Waals surface area contributed by atoms with Crippen LogP contribution in [0.2, 0.25) is 0 Å². The molecule has 0 aliphatic heterocycles. The third kappa shape index (κ3) is 5.10. The van der Waals surface area contributed by atoms with Crippen LogP contribution in [0.3, 0.4) is 0 Å². The van der Waals surface area contributed by atoms with Gasteiger partial charge in [0, 0.05) is 25.7 Å². The first kappa shape index (κ1) is 18.6. The second kappa shape index (κ2) is 7.86. The van der Waals surface area contributed by atoms with Crippen molar-refractivity contribution in [3.63, 3.8) is 0 Å². The van der Waals surface area contributed by atoms with Crippen LogP contribution in [-0.2, 0) is 21.4 Å². The van der Waals surface area contributed by atoms with Crippen LogP contribution in [0.5, 0.6) is 0 Å². The molecule has 1 N–H and O–H groups in total. The van der Waals surface area contributed by atoms with E-state index in [4.69, 9.17) is 0 Å². The van der Waals surface area contributed by atoms with Gasteiger partial charge in [-0.1, -0.05) is 30.3 Å². The SMILES string of the molecule is CN(Cc1ccccc1)C(=O)CNS(=O)(=O)c1ccc([N+](=O)[O-])cc1. The zero-order valence-corrected chi connectivity index (χ0v) is 14.3. The molecule has 0 bridgehead atoms. The number of sulfonamides is 1. The summed E-state index contributed by atoms with van der Waals surface area (Å²) in [5, 5.41) is 10.6. The highest BCUT2D eigenvalue weighted by atomic mass is 32.2. The van der Waals surface area contributed by atoms with Crippen molar-refractivity contribution in [1.29, 1.82) is 0 Å². The molecule has 0 aromatic heterocycles. The molecular weight excluding hydrogens is 346 g/mol. The molecule has 0 aliphatic rings. The molecule has 2 rings (SSSR count). The molecule has 0 unspecified atom stereocenters. The molecule has 25 heavy (non-hydrogen) atoms. The van der Waals surface area contributed by atoms with E-state index in [1.165, 1.54) is 4.90 Å². The summed E-state index contributed by atoms with van der Waals surface area (Å²) in [5.74, 6) is -0.394. The van der Waals surface area contributed by atoms with Crippen LogP contribution in [0.1, 0.15) is 5.56 Å². The van der Waals surface area contributed by atoms with Crippen molar-refractivity contribution < 1.29 is 18.1 Å². The van der Waals surface area contributed by atoms with Crippen molar-refractivity contribution in [3.8, 4) is 0 Å². The molecule has 0 atom stereocenters. The monoisotopic (exact) mass is 363 g/mol. The van der Waals surface area contributed by atoms with Gasteiger partial charge in [-0.25, -0.2) is 13.1 Å². The molecule has 2 aromatic carbocycles. The molecular formula is C16H17N3O5S. The molecule has 1 amide bonds. The van der Waals surface area contributed by atoms with Crippen LogP contribution in [0.25, 0.3) is 0 Å². The number of rotatable bonds is 7. The number of nitro benzene ring substituents is 1. The number of carbonyl (C=O) groups is 1. The zero-order chi connectivity index (χ0) is 18.4. The van der Waals surface area contributed by atoms with Gasteiger partial charge < -0.3 is 4.90 Å². The van der Waals surface area contributed by atoms with Gasteiger partial charge in [-0.2, -0.15) is 0 Å². The summed E-state index contributed by atoms with van der Waals surface area (Å²) in [6, 6.07) is 13.7. The highest BCUT2D eigenvalue weighted by Crippen LogP contribution is 2.15. The first-order valence-corrected chi connectivity index (χ1v) is 8.80. The Balaban J connectivity index is 1.96.